The highest BCUT2D eigenvalue weighted by Gasteiger charge is 2.24. The summed E-state index contributed by atoms with van der Waals surface area (Å²) in [6, 6.07) is 5.39. The van der Waals surface area contributed by atoms with E-state index in [0.29, 0.717) is 10.6 Å². The van der Waals surface area contributed by atoms with Gasteiger partial charge in [-0.25, -0.2) is 4.79 Å². The van der Waals surface area contributed by atoms with Crippen LogP contribution < -0.4 is 5.32 Å². The van der Waals surface area contributed by atoms with E-state index in [4.69, 9.17) is 4.74 Å². The fourth-order valence-corrected chi connectivity index (χ4v) is 3.99. The number of esters is 1. The molecule has 2 aromatic heterocycles. The molecule has 3 rings (SSSR count). The third-order valence-electron chi connectivity index (χ3n) is 4.07. The van der Waals surface area contributed by atoms with Crippen molar-refractivity contribution < 1.29 is 14.3 Å². The Labute approximate surface area is 149 Å². The SMILES string of the molecule is CC(OC(=O)c1cccnc1)C(=O)Nc1sc2c(c1C#N)CCCC2. The van der Waals surface area contributed by atoms with Crippen molar-refractivity contribution in [3.63, 3.8) is 0 Å². The van der Waals surface area contributed by atoms with E-state index < -0.39 is 18.0 Å². The molecular formula is C18H17N3O3S. The molecule has 0 saturated carbocycles. The number of rotatable bonds is 4. The van der Waals surface area contributed by atoms with E-state index >= 15 is 0 Å². The average Bonchev–Trinajstić information content (AvgIpc) is 2.99. The minimum atomic E-state index is -0.974. The molecule has 128 valence electrons. The molecule has 0 saturated heterocycles. The van der Waals surface area contributed by atoms with Crippen LogP contribution in [0, 0.1) is 11.3 Å². The molecule has 6 nitrogen and oxygen atoms in total. The summed E-state index contributed by atoms with van der Waals surface area (Å²) in [6.45, 7) is 1.50. The van der Waals surface area contributed by atoms with Crippen molar-refractivity contribution in [3.8, 4) is 6.07 Å². The number of amides is 1. The first-order valence-corrected chi connectivity index (χ1v) is 8.88. The Morgan fingerprint density at radius 3 is 2.92 bits per heavy atom. The van der Waals surface area contributed by atoms with Crippen LogP contribution in [-0.2, 0) is 22.4 Å². The highest BCUT2D eigenvalue weighted by molar-refractivity contribution is 7.16. The van der Waals surface area contributed by atoms with E-state index in [-0.39, 0.29) is 5.56 Å². The van der Waals surface area contributed by atoms with Gasteiger partial charge >= 0.3 is 5.97 Å². The summed E-state index contributed by atoms with van der Waals surface area (Å²) in [5.41, 5.74) is 1.87. The molecule has 7 heteroatoms. The van der Waals surface area contributed by atoms with Crippen molar-refractivity contribution in [2.24, 2.45) is 0 Å². The van der Waals surface area contributed by atoms with Crippen LogP contribution in [0.4, 0.5) is 5.00 Å². The van der Waals surface area contributed by atoms with Gasteiger partial charge in [0.05, 0.1) is 11.1 Å². The Bertz CT molecular complexity index is 839. The molecule has 0 radical (unpaired) electrons. The molecule has 1 aliphatic carbocycles. The Hall–Kier alpha value is -2.72. The number of nitrogens with one attached hydrogen (secondary N) is 1. The lowest BCUT2D eigenvalue weighted by Crippen LogP contribution is -2.30. The molecule has 0 aromatic carbocycles. The smallest absolute Gasteiger partial charge is 0.340 e. The van der Waals surface area contributed by atoms with Gasteiger partial charge in [-0.2, -0.15) is 5.26 Å². The molecule has 1 unspecified atom stereocenters. The molecule has 1 atom stereocenters. The normalized spacial score (nSPS) is 14.1. The van der Waals surface area contributed by atoms with E-state index in [1.54, 1.807) is 18.3 Å². The fourth-order valence-electron chi connectivity index (χ4n) is 2.75. The highest BCUT2D eigenvalue weighted by atomic mass is 32.1. The number of ether oxygens (including phenoxy) is 1. The number of carbonyl (C=O) groups excluding carboxylic acids is 2. The average molecular weight is 355 g/mol. The minimum absolute atomic E-state index is 0.284. The third kappa shape index (κ3) is 3.69. The second kappa shape index (κ2) is 7.45. The molecule has 25 heavy (non-hydrogen) atoms. The van der Waals surface area contributed by atoms with Gasteiger partial charge in [-0.1, -0.05) is 0 Å². The predicted octanol–water partition coefficient (Wildman–Crippen LogP) is 3.08. The van der Waals surface area contributed by atoms with Gasteiger partial charge in [0.2, 0.25) is 0 Å². The number of thiophene rings is 1. The first kappa shape index (κ1) is 17.1. The fraction of sp³-hybridized carbons (Fsp3) is 0.333. The van der Waals surface area contributed by atoms with E-state index in [1.165, 1.54) is 24.5 Å². The Balaban J connectivity index is 1.69. The Morgan fingerprint density at radius 2 is 2.20 bits per heavy atom. The van der Waals surface area contributed by atoms with Crippen LogP contribution in [0.3, 0.4) is 0 Å². The first-order chi connectivity index (χ1) is 12.1. The van der Waals surface area contributed by atoms with Gasteiger partial charge in [0.25, 0.3) is 5.91 Å². The van der Waals surface area contributed by atoms with Crippen LogP contribution in [0.15, 0.2) is 24.5 Å². The van der Waals surface area contributed by atoms with Crippen molar-refractivity contribution in [2.45, 2.75) is 38.7 Å². The summed E-state index contributed by atoms with van der Waals surface area (Å²) in [6.07, 6.45) is 5.93. The van der Waals surface area contributed by atoms with Crippen molar-refractivity contribution in [2.75, 3.05) is 5.32 Å². The van der Waals surface area contributed by atoms with Gasteiger partial charge in [0.1, 0.15) is 11.1 Å². The van der Waals surface area contributed by atoms with E-state index in [9.17, 15) is 14.9 Å². The number of fused-ring (bicyclic) bond motifs is 1. The van der Waals surface area contributed by atoms with Gasteiger partial charge < -0.3 is 10.1 Å². The number of anilines is 1. The topological polar surface area (TPSA) is 92.1 Å². The van der Waals surface area contributed by atoms with Gasteiger partial charge in [-0.15, -0.1) is 11.3 Å². The van der Waals surface area contributed by atoms with Gasteiger partial charge in [-0.05, 0) is 50.3 Å². The summed E-state index contributed by atoms with van der Waals surface area (Å²) in [5.74, 6) is -1.06. The molecular weight excluding hydrogens is 338 g/mol. The predicted molar refractivity (Wildman–Crippen MR) is 93.4 cm³/mol. The number of hydrogen-bond donors (Lipinski definition) is 1. The summed E-state index contributed by atoms with van der Waals surface area (Å²) in [5, 5.41) is 12.7. The van der Waals surface area contributed by atoms with Crippen LogP contribution in [0.1, 0.15) is 46.1 Å². The van der Waals surface area contributed by atoms with Gasteiger partial charge in [0, 0.05) is 17.3 Å². The van der Waals surface area contributed by atoms with Crippen LogP contribution >= 0.6 is 11.3 Å². The number of carbonyl (C=O) groups is 2. The molecule has 0 bridgehead atoms. The van der Waals surface area contributed by atoms with E-state index in [2.05, 4.69) is 16.4 Å². The van der Waals surface area contributed by atoms with Crippen LogP contribution in [-0.4, -0.2) is 23.0 Å². The van der Waals surface area contributed by atoms with Gasteiger partial charge in [0.15, 0.2) is 6.10 Å². The molecule has 1 aliphatic rings. The molecule has 1 amide bonds. The number of aryl methyl sites for hydroxylation is 1. The molecule has 1 N–H and O–H groups in total. The maximum atomic E-state index is 12.4. The number of nitrogens with zero attached hydrogens (tertiary/aromatic N) is 2. The number of nitriles is 1. The Morgan fingerprint density at radius 1 is 1.40 bits per heavy atom. The van der Waals surface area contributed by atoms with E-state index in [1.807, 2.05) is 0 Å². The molecule has 0 fully saturated rings. The van der Waals surface area contributed by atoms with Crippen molar-refractivity contribution in [1.82, 2.24) is 4.98 Å². The standard InChI is InChI=1S/C18H17N3O3S/c1-11(24-18(23)12-5-4-8-20-10-12)16(22)21-17-14(9-19)13-6-2-3-7-15(13)25-17/h4-5,8,10-11H,2-3,6-7H2,1H3,(H,21,22). The lowest BCUT2D eigenvalue weighted by Gasteiger charge is -2.13. The minimum Gasteiger partial charge on any atom is -0.449 e. The van der Waals surface area contributed by atoms with E-state index in [0.717, 1.165) is 36.1 Å². The third-order valence-corrected chi connectivity index (χ3v) is 5.28. The van der Waals surface area contributed by atoms with Gasteiger partial charge in [-0.3, -0.25) is 9.78 Å². The number of pyridine rings is 1. The largest absolute Gasteiger partial charge is 0.449 e. The van der Waals surface area contributed by atoms with Crippen LogP contribution in [0.25, 0.3) is 0 Å². The monoisotopic (exact) mass is 355 g/mol. The second-order valence-electron chi connectivity index (χ2n) is 5.81. The second-order valence-corrected chi connectivity index (χ2v) is 6.91. The van der Waals surface area contributed by atoms with Crippen LogP contribution in [0.5, 0.6) is 0 Å². The van der Waals surface area contributed by atoms with Crippen molar-refractivity contribution >= 4 is 28.2 Å². The lowest BCUT2D eigenvalue weighted by atomic mass is 9.96. The van der Waals surface area contributed by atoms with Crippen molar-refractivity contribution in [1.29, 1.82) is 5.26 Å². The molecule has 0 aliphatic heterocycles. The summed E-state index contributed by atoms with van der Waals surface area (Å²) in [4.78, 5) is 29.4. The zero-order chi connectivity index (χ0) is 17.8. The Kier molecular flexibility index (Phi) is 5.10. The van der Waals surface area contributed by atoms with Crippen LogP contribution in [0.2, 0.25) is 0 Å². The molecule has 0 spiro atoms. The zero-order valence-electron chi connectivity index (χ0n) is 13.7. The summed E-state index contributed by atoms with van der Waals surface area (Å²) < 4.78 is 5.18. The molecule has 2 heterocycles. The summed E-state index contributed by atoms with van der Waals surface area (Å²) in [7, 11) is 0. The summed E-state index contributed by atoms with van der Waals surface area (Å²) >= 11 is 1.44. The zero-order valence-corrected chi connectivity index (χ0v) is 14.6. The number of hydrogen-bond acceptors (Lipinski definition) is 6. The lowest BCUT2D eigenvalue weighted by molar-refractivity contribution is -0.123. The maximum absolute atomic E-state index is 12.4. The highest BCUT2D eigenvalue weighted by Crippen LogP contribution is 2.37. The maximum Gasteiger partial charge on any atom is 0.340 e. The quantitative estimate of drug-likeness (QED) is 0.851. The number of aromatic nitrogens is 1. The first-order valence-electron chi connectivity index (χ1n) is 8.06. The van der Waals surface area contributed by atoms with Crippen molar-refractivity contribution in [3.05, 3.63) is 46.1 Å². The molecule has 2 aromatic rings.